The van der Waals surface area contributed by atoms with Gasteiger partial charge in [0.05, 0.1) is 17.6 Å². The molecule has 0 bridgehead atoms. The predicted octanol–water partition coefficient (Wildman–Crippen LogP) is 1.89. The maximum atomic E-state index is 13.7. The average Bonchev–Trinajstić information content (AvgIpc) is 2.41. The van der Waals surface area contributed by atoms with Crippen molar-refractivity contribution in [2.24, 2.45) is 17.6 Å². The van der Waals surface area contributed by atoms with Crippen molar-refractivity contribution in [1.29, 1.82) is 5.26 Å². The van der Waals surface area contributed by atoms with E-state index in [-0.39, 0.29) is 30.8 Å². The van der Waals surface area contributed by atoms with E-state index in [0.717, 1.165) is 0 Å². The summed E-state index contributed by atoms with van der Waals surface area (Å²) in [7, 11) is 1.62. The molecule has 0 saturated heterocycles. The van der Waals surface area contributed by atoms with Gasteiger partial charge in [0.1, 0.15) is 5.82 Å². The summed E-state index contributed by atoms with van der Waals surface area (Å²) in [6.45, 7) is 4.26. The van der Waals surface area contributed by atoms with Crippen LogP contribution in [0.2, 0.25) is 0 Å². The maximum absolute atomic E-state index is 13.7. The fraction of sp³-hybridized carbons (Fsp3) is 0.467. The van der Waals surface area contributed by atoms with Crippen molar-refractivity contribution < 1.29 is 9.18 Å². The Morgan fingerprint density at radius 2 is 2.15 bits per heavy atom. The number of halogens is 1. The molecule has 1 rings (SSSR count). The lowest BCUT2D eigenvalue weighted by Gasteiger charge is -2.25. The largest absolute Gasteiger partial charge is 0.341 e. The van der Waals surface area contributed by atoms with E-state index < -0.39 is 5.82 Å². The van der Waals surface area contributed by atoms with Gasteiger partial charge in [-0.25, -0.2) is 4.39 Å². The molecule has 1 aromatic carbocycles. The van der Waals surface area contributed by atoms with Crippen molar-refractivity contribution in [1.82, 2.24) is 4.90 Å². The molecule has 1 amide bonds. The van der Waals surface area contributed by atoms with Gasteiger partial charge in [0.15, 0.2) is 0 Å². The molecular formula is C15H20FN3O. The van der Waals surface area contributed by atoms with Crippen LogP contribution in [0.3, 0.4) is 0 Å². The number of carbonyl (C=O) groups is 1. The summed E-state index contributed by atoms with van der Waals surface area (Å²) >= 11 is 0. The van der Waals surface area contributed by atoms with Crippen molar-refractivity contribution in [2.75, 3.05) is 13.6 Å². The third-order valence-corrected chi connectivity index (χ3v) is 3.33. The van der Waals surface area contributed by atoms with E-state index in [4.69, 9.17) is 11.0 Å². The summed E-state index contributed by atoms with van der Waals surface area (Å²) < 4.78 is 13.7. The molecule has 0 saturated carbocycles. The lowest BCUT2D eigenvalue weighted by atomic mass is 9.94. The van der Waals surface area contributed by atoms with Crippen LogP contribution < -0.4 is 5.73 Å². The van der Waals surface area contributed by atoms with E-state index in [0.29, 0.717) is 11.1 Å². The van der Waals surface area contributed by atoms with Crippen LogP contribution in [0, 0.1) is 29.0 Å². The highest BCUT2D eigenvalue weighted by atomic mass is 19.1. The summed E-state index contributed by atoms with van der Waals surface area (Å²) in [6, 6.07) is 6.08. The zero-order chi connectivity index (χ0) is 15.3. The standard InChI is InChI=1S/C15H20FN3O/c1-10(2)13(8-18)15(20)19(3)9-12-6-11(7-17)4-5-14(12)16/h4-6,10,13H,8-9,18H2,1-3H3. The smallest absolute Gasteiger partial charge is 0.227 e. The fourth-order valence-electron chi connectivity index (χ4n) is 2.04. The molecule has 4 nitrogen and oxygen atoms in total. The van der Waals surface area contributed by atoms with Crippen molar-refractivity contribution in [3.05, 3.63) is 35.1 Å². The van der Waals surface area contributed by atoms with E-state index in [1.165, 1.54) is 23.1 Å². The Balaban J connectivity index is 2.88. The minimum atomic E-state index is -0.419. The summed E-state index contributed by atoms with van der Waals surface area (Å²) in [4.78, 5) is 13.7. The van der Waals surface area contributed by atoms with Crippen LogP contribution in [0.1, 0.15) is 25.0 Å². The highest BCUT2D eigenvalue weighted by molar-refractivity contribution is 5.79. The van der Waals surface area contributed by atoms with Gasteiger partial charge >= 0.3 is 0 Å². The second-order valence-corrected chi connectivity index (χ2v) is 5.20. The minimum absolute atomic E-state index is 0.107. The Morgan fingerprint density at radius 1 is 1.50 bits per heavy atom. The average molecular weight is 277 g/mol. The van der Waals surface area contributed by atoms with Gasteiger partial charge in [-0.3, -0.25) is 4.79 Å². The third-order valence-electron chi connectivity index (χ3n) is 3.33. The highest BCUT2D eigenvalue weighted by Gasteiger charge is 2.24. The number of amides is 1. The van der Waals surface area contributed by atoms with Gasteiger partial charge in [-0.1, -0.05) is 13.8 Å². The molecule has 0 radical (unpaired) electrons. The first kappa shape index (κ1) is 16.1. The van der Waals surface area contributed by atoms with Crippen LogP contribution >= 0.6 is 0 Å². The molecule has 0 fully saturated rings. The van der Waals surface area contributed by atoms with E-state index in [2.05, 4.69) is 0 Å². The zero-order valence-electron chi connectivity index (χ0n) is 12.1. The first-order valence-electron chi connectivity index (χ1n) is 6.54. The first-order chi connectivity index (χ1) is 9.40. The van der Waals surface area contributed by atoms with Gasteiger partial charge in [-0.2, -0.15) is 5.26 Å². The molecule has 1 aromatic rings. The molecular weight excluding hydrogens is 257 g/mol. The number of nitrogens with zero attached hydrogens (tertiary/aromatic N) is 2. The Kier molecular flexibility index (Phi) is 5.66. The van der Waals surface area contributed by atoms with Crippen LogP contribution in [0.4, 0.5) is 4.39 Å². The fourth-order valence-corrected chi connectivity index (χ4v) is 2.04. The minimum Gasteiger partial charge on any atom is -0.341 e. The monoisotopic (exact) mass is 277 g/mol. The zero-order valence-corrected chi connectivity index (χ0v) is 12.1. The van der Waals surface area contributed by atoms with Crippen molar-refractivity contribution in [3.8, 4) is 6.07 Å². The summed E-state index contributed by atoms with van der Waals surface area (Å²) in [6.07, 6.45) is 0. The van der Waals surface area contributed by atoms with Gasteiger partial charge in [0.25, 0.3) is 0 Å². The number of carbonyl (C=O) groups excluding carboxylic acids is 1. The van der Waals surface area contributed by atoms with Gasteiger partial charge in [-0.15, -0.1) is 0 Å². The molecule has 0 aliphatic rings. The molecule has 0 aliphatic carbocycles. The number of rotatable bonds is 5. The summed E-state index contributed by atoms with van der Waals surface area (Å²) in [5.74, 6) is -0.672. The third kappa shape index (κ3) is 3.78. The molecule has 0 aliphatic heterocycles. The maximum Gasteiger partial charge on any atom is 0.227 e. The molecule has 0 aromatic heterocycles. The van der Waals surface area contributed by atoms with Crippen molar-refractivity contribution in [2.45, 2.75) is 20.4 Å². The number of hydrogen-bond acceptors (Lipinski definition) is 3. The predicted molar refractivity (Wildman–Crippen MR) is 75.0 cm³/mol. The van der Waals surface area contributed by atoms with Crippen LogP contribution in [0.25, 0.3) is 0 Å². The molecule has 108 valence electrons. The van der Waals surface area contributed by atoms with Gasteiger partial charge in [-0.05, 0) is 24.1 Å². The van der Waals surface area contributed by atoms with Crippen LogP contribution in [-0.4, -0.2) is 24.4 Å². The number of nitriles is 1. The normalized spacial score (nSPS) is 12.1. The second-order valence-electron chi connectivity index (χ2n) is 5.20. The van der Waals surface area contributed by atoms with Crippen LogP contribution in [0.5, 0.6) is 0 Å². The van der Waals surface area contributed by atoms with E-state index in [1.54, 1.807) is 7.05 Å². The Labute approximate surface area is 119 Å². The van der Waals surface area contributed by atoms with E-state index in [1.807, 2.05) is 19.9 Å². The number of benzene rings is 1. The quantitative estimate of drug-likeness (QED) is 0.893. The van der Waals surface area contributed by atoms with E-state index >= 15 is 0 Å². The molecule has 0 heterocycles. The Morgan fingerprint density at radius 3 is 2.65 bits per heavy atom. The van der Waals surface area contributed by atoms with Crippen LogP contribution in [-0.2, 0) is 11.3 Å². The second kappa shape index (κ2) is 7.01. The molecule has 0 spiro atoms. The first-order valence-corrected chi connectivity index (χ1v) is 6.54. The molecule has 1 atom stereocenters. The summed E-state index contributed by atoms with van der Waals surface area (Å²) in [5.41, 5.74) is 6.33. The molecule has 1 unspecified atom stereocenters. The Hall–Kier alpha value is -1.93. The SMILES string of the molecule is CC(C)C(CN)C(=O)N(C)Cc1cc(C#N)ccc1F. The number of hydrogen-bond donors (Lipinski definition) is 1. The molecule has 20 heavy (non-hydrogen) atoms. The lowest BCUT2D eigenvalue weighted by molar-refractivity contribution is -0.135. The highest BCUT2D eigenvalue weighted by Crippen LogP contribution is 2.16. The van der Waals surface area contributed by atoms with Gasteiger partial charge < -0.3 is 10.6 Å². The molecule has 5 heteroatoms. The molecule has 2 N–H and O–H groups in total. The van der Waals surface area contributed by atoms with Crippen molar-refractivity contribution >= 4 is 5.91 Å². The van der Waals surface area contributed by atoms with E-state index in [9.17, 15) is 9.18 Å². The van der Waals surface area contributed by atoms with Crippen molar-refractivity contribution in [3.63, 3.8) is 0 Å². The van der Waals surface area contributed by atoms with Crippen LogP contribution in [0.15, 0.2) is 18.2 Å². The number of nitrogens with two attached hydrogens (primary N) is 1. The topological polar surface area (TPSA) is 70.1 Å². The lowest BCUT2D eigenvalue weighted by Crippen LogP contribution is -2.39. The van der Waals surface area contributed by atoms with Gasteiger partial charge in [0.2, 0.25) is 5.91 Å². The van der Waals surface area contributed by atoms with Gasteiger partial charge in [0, 0.05) is 25.7 Å². The summed E-state index contributed by atoms with van der Waals surface area (Å²) in [5, 5.41) is 8.83. The Bertz CT molecular complexity index is 522.